The van der Waals surface area contributed by atoms with Crippen LogP contribution in [-0.4, -0.2) is 32.8 Å². The van der Waals surface area contributed by atoms with Gasteiger partial charge in [-0.15, -0.1) is 0 Å². The summed E-state index contributed by atoms with van der Waals surface area (Å²) in [6.45, 7) is 6.06. The van der Waals surface area contributed by atoms with Crippen molar-refractivity contribution in [3.8, 4) is 0 Å². The van der Waals surface area contributed by atoms with Gasteiger partial charge < -0.3 is 10.4 Å². The molecule has 0 spiro atoms. The number of carboxylic acids is 1. The molecule has 0 aliphatic carbocycles. The van der Waals surface area contributed by atoms with Crippen LogP contribution in [0.1, 0.15) is 54.5 Å². The van der Waals surface area contributed by atoms with Gasteiger partial charge in [-0.1, -0.05) is 44.2 Å². The number of carboxylic acid groups (broad SMARTS) is 1. The molecule has 2 rings (SSSR count). The van der Waals surface area contributed by atoms with Crippen molar-refractivity contribution in [3.63, 3.8) is 0 Å². The smallest absolute Gasteiger partial charge is 0.326 e. The summed E-state index contributed by atoms with van der Waals surface area (Å²) >= 11 is 0. The van der Waals surface area contributed by atoms with Crippen LogP contribution in [0, 0.1) is 6.92 Å². The van der Waals surface area contributed by atoms with E-state index in [-0.39, 0.29) is 18.2 Å². The van der Waals surface area contributed by atoms with Crippen molar-refractivity contribution in [2.45, 2.75) is 52.1 Å². The van der Waals surface area contributed by atoms with Crippen LogP contribution in [0.15, 0.2) is 36.4 Å². The van der Waals surface area contributed by atoms with E-state index in [4.69, 9.17) is 0 Å². The van der Waals surface area contributed by atoms with Crippen molar-refractivity contribution >= 4 is 11.9 Å². The molecule has 1 atom stereocenters. The minimum Gasteiger partial charge on any atom is -0.480 e. The number of aryl methyl sites for hydroxylation is 1. The zero-order chi connectivity index (χ0) is 18.4. The molecule has 0 aliphatic heterocycles. The van der Waals surface area contributed by atoms with E-state index >= 15 is 0 Å². The standard InChI is InChI=1S/C19H25N3O3/c1-4-15(5-2)22-13(3)11-16(21-22)18(23)20-17(19(24)25)12-14-9-7-6-8-10-14/h6-11,15,17H,4-5,12H2,1-3H3,(H,20,23)(H,24,25)/t17-/m0/s1. The molecule has 0 radical (unpaired) electrons. The number of hydrogen-bond acceptors (Lipinski definition) is 3. The van der Waals surface area contributed by atoms with Gasteiger partial charge in [0.05, 0.1) is 6.04 Å². The number of nitrogens with zero attached hydrogens (tertiary/aromatic N) is 2. The van der Waals surface area contributed by atoms with E-state index in [9.17, 15) is 14.7 Å². The molecule has 25 heavy (non-hydrogen) atoms. The van der Waals surface area contributed by atoms with Crippen molar-refractivity contribution in [2.75, 3.05) is 0 Å². The van der Waals surface area contributed by atoms with Gasteiger partial charge in [0.15, 0.2) is 0 Å². The average molecular weight is 343 g/mol. The number of rotatable bonds is 8. The Balaban J connectivity index is 2.13. The van der Waals surface area contributed by atoms with E-state index in [1.54, 1.807) is 6.07 Å². The summed E-state index contributed by atoms with van der Waals surface area (Å²) in [6.07, 6.45) is 2.08. The largest absolute Gasteiger partial charge is 0.480 e. The Kier molecular flexibility index (Phi) is 6.33. The third-order valence-electron chi connectivity index (χ3n) is 4.33. The molecule has 0 bridgehead atoms. The zero-order valence-electron chi connectivity index (χ0n) is 14.9. The molecule has 6 heteroatoms. The fraction of sp³-hybridized carbons (Fsp3) is 0.421. The van der Waals surface area contributed by atoms with E-state index in [1.807, 2.05) is 41.9 Å². The molecule has 1 amide bonds. The first-order valence-corrected chi connectivity index (χ1v) is 8.60. The van der Waals surface area contributed by atoms with Crippen molar-refractivity contribution in [1.82, 2.24) is 15.1 Å². The molecular weight excluding hydrogens is 318 g/mol. The first-order valence-electron chi connectivity index (χ1n) is 8.60. The second-order valence-electron chi connectivity index (χ2n) is 6.14. The van der Waals surface area contributed by atoms with Gasteiger partial charge in [0.25, 0.3) is 5.91 Å². The molecule has 2 aromatic rings. The first-order chi connectivity index (χ1) is 12.0. The summed E-state index contributed by atoms with van der Waals surface area (Å²) in [6, 6.07) is 10.2. The lowest BCUT2D eigenvalue weighted by molar-refractivity contribution is -0.139. The maximum Gasteiger partial charge on any atom is 0.326 e. The van der Waals surface area contributed by atoms with Crippen LogP contribution in [-0.2, 0) is 11.2 Å². The Bertz CT molecular complexity index is 721. The van der Waals surface area contributed by atoms with E-state index in [2.05, 4.69) is 24.3 Å². The molecular formula is C19H25N3O3. The van der Waals surface area contributed by atoms with Crippen LogP contribution < -0.4 is 5.32 Å². The van der Waals surface area contributed by atoms with Crippen molar-refractivity contribution in [3.05, 3.63) is 53.3 Å². The topological polar surface area (TPSA) is 84.2 Å². The molecule has 0 fully saturated rings. The lowest BCUT2D eigenvalue weighted by Gasteiger charge is -2.15. The van der Waals surface area contributed by atoms with Gasteiger partial charge >= 0.3 is 5.97 Å². The lowest BCUT2D eigenvalue weighted by Crippen LogP contribution is -2.42. The maximum atomic E-state index is 12.5. The van der Waals surface area contributed by atoms with Crippen molar-refractivity contribution < 1.29 is 14.7 Å². The molecule has 0 aliphatic rings. The highest BCUT2D eigenvalue weighted by Crippen LogP contribution is 2.18. The Morgan fingerprint density at radius 2 is 1.84 bits per heavy atom. The van der Waals surface area contributed by atoms with Gasteiger partial charge in [-0.2, -0.15) is 5.10 Å². The SMILES string of the molecule is CCC(CC)n1nc(C(=O)N[C@@H](Cc2ccccc2)C(=O)O)cc1C. The first kappa shape index (κ1) is 18.7. The number of nitrogens with one attached hydrogen (secondary N) is 1. The number of aromatic nitrogens is 2. The highest BCUT2D eigenvalue weighted by molar-refractivity contribution is 5.95. The Hall–Kier alpha value is -2.63. The van der Waals surface area contributed by atoms with Gasteiger partial charge in [0, 0.05) is 12.1 Å². The molecule has 0 unspecified atom stereocenters. The molecule has 134 valence electrons. The second kappa shape index (κ2) is 8.46. The average Bonchev–Trinajstić information content (AvgIpc) is 2.98. The highest BCUT2D eigenvalue weighted by Gasteiger charge is 2.23. The van der Waals surface area contributed by atoms with Crippen LogP contribution >= 0.6 is 0 Å². The van der Waals surface area contributed by atoms with E-state index in [1.165, 1.54) is 0 Å². The summed E-state index contributed by atoms with van der Waals surface area (Å²) in [5.74, 6) is -1.52. The van der Waals surface area contributed by atoms with Crippen molar-refractivity contribution in [2.24, 2.45) is 0 Å². The Morgan fingerprint density at radius 3 is 2.40 bits per heavy atom. The van der Waals surface area contributed by atoms with Gasteiger partial charge in [0.1, 0.15) is 11.7 Å². The summed E-state index contributed by atoms with van der Waals surface area (Å²) in [7, 11) is 0. The number of carbonyl (C=O) groups is 2. The predicted octanol–water partition coefficient (Wildman–Crippen LogP) is 2.98. The minimum atomic E-state index is -1.06. The van der Waals surface area contributed by atoms with Gasteiger partial charge in [-0.3, -0.25) is 9.48 Å². The number of hydrogen-bond donors (Lipinski definition) is 2. The molecule has 1 aromatic carbocycles. The second-order valence-corrected chi connectivity index (χ2v) is 6.14. The van der Waals surface area contributed by atoms with E-state index in [0.29, 0.717) is 0 Å². The number of amides is 1. The summed E-state index contributed by atoms with van der Waals surface area (Å²) in [5, 5.41) is 16.4. The monoisotopic (exact) mass is 343 g/mol. The summed E-state index contributed by atoms with van der Waals surface area (Å²) in [4.78, 5) is 24.0. The number of benzene rings is 1. The zero-order valence-corrected chi connectivity index (χ0v) is 14.9. The van der Waals surface area contributed by atoms with Crippen molar-refractivity contribution in [1.29, 1.82) is 0 Å². The molecule has 1 heterocycles. The lowest BCUT2D eigenvalue weighted by atomic mass is 10.1. The summed E-state index contributed by atoms with van der Waals surface area (Å²) < 4.78 is 1.85. The number of carbonyl (C=O) groups excluding carboxylic acids is 1. The predicted molar refractivity (Wildman–Crippen MR) is 95.6 cm³/mol. The highest BCUT2D eigenvalue weighted by atomic mass is 16.4. The van der Waals surface area contributed by atoms with Crippen LogP contribution in [0.4, 0.5) is 0 Å². The van der Waals surface area contributed by atoms with Crippen LogP contribution in [0.3, 0.4) is 0 Å². The normalized spacial score (nSPS) is 12.2. The van der Waals surface area contributed by atoms with Gasteiger partial charge in [0.2, 0.25) is 0 Å². The molecule has 0 saturated carbocycles. The van der Waals surface area contributed by atoms with E-state index in [0.717, 1.165) is 24.1 Å². The fourth-order valence-corrected chi connectivity index (χ4v) is 2.89. The molecule has 2 N–H and O–H groups in total. The Labute approximate surface area is 147 Å². The molecule has 6 nitrogen and oxygen atoms in total. The van der Waals surface area contributed by atoms with Gasteiger partial charge in [-0.25, -0.2) is 4.79 Å². The Morgan fingerprint density at radius 1 is 1.20 bits per heavy atom. The van der Waals surface area contributed by atoms with Crippen LogP contribution in [0.2, 0.25) is 0 Å². The molecule has 0 saturated heterocycles. The molecule has 1 aromatic heterocycles. The third-order valence-corrected chi connectivity index (χ3v) is 4.33. The minimum absolute atomic E-state index is 0.230. The summed E-state index contributed by atoms with van der Waals surface area (Å²) in [5.41, 5.74) is 2.01. The van der Waals surface area contributed by atoms with Crippen LogP contribution in [0.5, 0.6) is 0 Å². The van der Waals surface area contributed by atoms with E-state index < -0.39 is 17.9 Å². The maximum absolute atomic E-state index is 12.5. The van der Waals surface area contributed by atoms with Gasteiger partial charge in [-0.05, 0) is 31.4 Å². The third kappa shape index (κ3) is 4.68. The number of aliphatic carboxylic acids is 1. The fourth-order valence-electron chi connectivity index (χ4n) is 2.89. The van der Waals surface area contributed by atoms with Crippen LogP contribution in [0.25, 0.3) is 0 Å². The quantitative estimate of drug-likeness (QED) is 0.772.